The van der Waals surface area contributed by atoms with E-state index in [0.717, 1.165) is 36.2 Å². The first-order chi connectivity index (χ1) is 11.7. The molecule has 1 atom stereocenters. The highest BCUT2D eigenvalue weighted by atomic mass is 19.1. The lowest BCUT2D eigenvalue weighted by Gasteiger charge is -2.26. The second-order valence-corrected chi connectivity index (χ2v) is 6.11. The number of pyridine rings is 1. The van der Waals surface area contributed by atoms with Crippen molar-refractivity contribution in [2.75, 3.05) is 6.54 Å². The molecule has 24 heavy (non-hydrogen) atoms. The maximum absolute atomic E-state index is 13.9. The summed E-state index contributed by atoms with van der Waals surface area (Å²) in [4.78, 5) is 6.51. The van der Waals surface area contributed by atoms with Gasteiger partial charge in [0.15, 0.2) is 0 Å². The van der Waals surface area contributed by atoms with Crippen LogP contribution in [0.3, 0.4) is 0 Å². The maximum Gasteiger partial charge on any atom is 0.149 e. The van der Waals surface area contributed by atoms with Gasteiger partial charge in [0.2, 0.25) is 0 Å². The number of hydrogen-bond donors (Lipinski definition) is 0. The molecule has 2 nitrogen and oxygen atoms in total. The van der Waals surface area contributed by atoms with E-state index >= 15 is 0 Å². The molecule has 0 radical (unpaired) electrons. The van der Waals surface area contributed by atoms with Crippen molar-refractivity contribution in [1.82, 2.24) is 9.88 Å². The minimum absolute atomic E-state index is 0.296. The number of benzene rings is 1. The van der Waals surface area contributed by atoms with Crippen LogP contribution in [0.2, 0.25) is 0 Å². The average molecular weight is 322 g/mol. The molecule has 1 aliphatic heterocycles. The Morgan fingerprint density at radius 1 is 1.12 bits per heavy atom. The first kappa shape index (κ1) is 16.4. The van der Waals surface area contributed by atoms with Gasteiger partial charge in [-0.15, -0.1) is 0 Å². The minimum Gasteiger partial charge on any atom is -0.365 e. The van der Waals surface area contributed by atoms with Crippen molar-refractivity contribution < 1.29 is 4.39 Å². The number of halogens is 1. The predicted molar refractivity (Wildman–Crippen MR) is 97.8 cm³/mol. The van der Waals surface area contributed by atoms with Gasteiger partial charge in [-0.3, -0.25) is 4.98 Å². The van der Waals surface area contributed by atoms with Crippen molar-refractivity contribution in [2.45, 2.75) is 32.7 Å². The largest absolute Gasteiger partial charge is 0.365 e. The molecule has 1 aromatic heterocycles. The van der Waals surface area contributed by atoms with Gasteiger partial charge in [0.25, 0.3) is 0 Å². The number of nitrogens with zero attached hydrogens (tertiary/aromatic N) is 2. The summed E-state index contributed by atoms with van der Waals surface area (Å²) in [5.41, 5.74) is 4.57. The minimum atomic E-state index is -0.296. The van der Waals surface area contributed by atoms with Gasteiger partial charge in [-0.1, -0.05) is 50.8 Å². The summed E-state index contributed by atoms with van der Waals surface area (Å²) < 4.78 is 13.9. The van der Waals surface area contributed by atoms with Gasteiger partial charge < -0.3 is 4.90 Å². The van der Waals surface area contributed by atoms with Crippen LogP contribution in [0.15, 0.2) is 60.9 Å². The smallest absolute Gasteiger partial charge is 0.149 e. The Labute approximate surface area is 143 Å². The standard InChI is InChI=1S/C21H23FN2/c1-4-13-24-15(3)19(14-18(24)5-2)16-8-10-17(11-9-16)21-20(22)7-6-12-23-21/h6-12,14,18H,3-5,13H2,1-2H3. The second kappa shape index (κ2) is 7.00. The van der Waals surface area contributed by atoms with Gasteiger partial charge in [-0.25, -0.2) is 4.39 Å². The van der Waals surface area contributed by atoms with E-state index in [1.54, 1.807) is 12.3 Å². The molecule has 0 amide bonds. The summed E-state index contributed by atoms with van der Waals surface area (Å²) in [7, 11) is 0. The van der Waals surface area contributed by atoms with Crippen LogP contribution in [-0.4, -0.2) is 22.5 Å². The third-order valence-electron chi connectivity index (χ3n) is 4.53. The predicted octanol–water partition coefficient (Wildman–Crippen LogP) is 5.29. The summed E-state index contributed by atoms with van der Waals surface area (Å²) >= 11 is 0. The van der Waals surface area contributed by atoms with Crippen LogP contribution in [0.1, 0.15) is 32.3 Å². The molecular weight excluding hydrogens is 299 g/mol. The molecule has 0 spiro atoms. The van der Waals surface area contributed by atoms with Crippen LogP contribution in [0, 0.1) is 5.82 Å². The van der Waals surface area contributed by atoms with E-state index in [-0.39, 0.29) is 5.82 Å². The fourth-order valence-corrected chi connectivity index (χ4v) is 3.28. The zero-order chi connectivity index (χ0) is 17.1. The highest BCUT2D eigenvalue weighted by Crippen LogP contribution is 2.35. The average Bonchev–Trinajstić information content (AvgIpc) is 2.92. The Morgan fingerprint density at radius 2 is 1.83 bits per heavy atom. The van der Waals surface area contributed by atoms with Crippen LogP contribution < -0.4 is 0 Å². The molecule has 1 aliphatic rings. The molecule has 0 N–H and O–H groups in total. The van der Waals surface area contributed by atoms with Crippen LogP contribution in [0.4, 0.5) is 4.39 Å². The van der Waals surface area contributed by atoms with Crippen LogP contribution in [-0.2, 0) is 0 Å². The van der Waals surface area contributed by atoms with E-state index in [4.69, 9.17) is 0 Å². The molecule has 2 heterocycles. The van der Waals surface area contributed by atoms with Crippen molar-refractivity contribution >= 4 is 5.57 Å². The first-order valence-corrected chi connectivity index (χ1v) is 8.54. The summed E-state index contributed by atoms with van der Waals surface area (Å²) in [6, 6.07) is 11.4. The van der Waals surface area contributed by atoms with Gasteiger partial charge in [0.1, 0.15) is 11.5 Å². The molecule has 3 heteroatoms. The maximum atomic E-state index is 13.9. The zero-order valence-electron chi connectivity index (χ0n) is 14.3. The third-order valence-corrected chi connectivity index (χ3v) is 4.53. The van der Waals surface area contributed by atoms with Crippen molar-refractivity contribution in [3.8, 4) is 11.3 Å². The van der Waals surface area contributed by atoms with Crippen LogP contribution in [0.5, 0.6) is 0 Å². The van der Waals surface area contributed by atoms with E-state index in [1.807, 2.05) is 24.3 Å². The van der Waals surface area contributed by atoms with E-state index in [0.29, 0.717) is 11.7 Å². The van der Waals surface area contributed by atoms with Crippen molar-refractivity contribution in [1.29, 1.82) is 0 Å². The molecule has 0 saturated carbocycles. The van der Waals surface area contributed by atoms with Crippen LogP contribution in [0.25, 0.3) is 16.8 Å². The van der Waals surface area contributed by atoms with E-state index in [2.05, 4.69) is 36.4 Å². The lowest BCUT2D eigenvalue weighted by Crippen LogP contribution is -2.28. The van der Waals surface area contributed by atoms with Gasteiger partial charge in [0, 0.05) is 35.6 Å². The normalized spacial score (nSPS) is 17.3. The Balaban J connectivity index is 1.89. The summed E-state index contributed by atoms with van der Waals surface area (Å²) in [6.45, 7) is 9.70. The number of aromatic nitrogens is 1. The Hall–Kier alpha value is -2.42. The fraction of sp³-hybridized carbons (Fsp3) is 0.286. The van der Waals surface area contributed by atoms with E-state index < -0.39 is 0 Å². The van der Waals surface area contributed by atoms with Gasteiger partial charge >= 0.3 is 0 Å². The van der Waals surface area contributed by atoms with E-state index in [1.165, 1.54) is 11.6 Å². The zero-order valence-corrected chi connectivity index (χ0v) is 14.3. The van der Waals surface area contributed by atoms with Gasteiger partial charge in [0.05, 0.1) is 0 Å². The molecule has 0 saturated heterocycles. The topological polar surface area (TPSA) is 16.1 Å². The first-order valence-electron chi connectivity index (χ1n) is 8.54. The van der Waals surface area contributed by atoms with Gasteiger partial charge in [-0.2, -0.15) is 0 Å². The Kier molecular flexibility index (Phi) is 4.79. The highest BCUT2D eigenvalue weighted by molar-refractivity contribution is 5.81. The molecule has 3 rings (SSSR count). The SMILES string of the molecule is C=C1C(c2ccc(-c3ncccc3F)cc2)=CC(CC)N1CCC. The number of rotatable bonds is 5. The molecule has 1 unspecified atom stereocenters. The number of hydrogen-bond acceptors (Lipinski definition) is 2. The highest BCUT2D eigenvalue weighted by Gasteiger charge is 2.26. The monoisotopic (exact) mass is 322 g/mol. The van der Waals surface area contributed by atoms with E-state index in [9.17, 15) is 4.39 Å². The molecule has 0 fully saturated rings. The molecule has 0 aliphatic carbocycles. The molecule has 2 aromatic rings. The summed E-state index contributed by atoms with van der Waals surface area (Å²) in [5, 5.41) is 0. The second-order valence-electron chi connectivity index (χ2n) is 6.11. The van der Waals surface area contributed by atoms with Gasteiger partial charge in [-0.05, 0) is 30.5 Å². The number of allylic oxidation sites excluding steroid dienone is 1. The summed E-state index contributed by atoms with van der Waals surface area (Å²) in [6.07, 6.45) is 6.09. The molecule has 1 aromatic carbocycles. The lowest BCUT2D eigenvalue weighted by molar-refractivity contribution is 0.312. The Bertz CT molecular complexity index is 762. The van der Waals surface area contributed by atoms with Crippen molar-refractivity contribution in [2.24, 2.45) is 0 Å². The van der Waals surface area contributed by atoms with Crippen LogP contribution >= 0.6 is 0 Å². The van der Waals surface area contributed by atoms with Crippen molar-refractivity contribution in [3.63, 3.8) is 0 Å². The van der Waals surface area contributed by atoms with Crippen molar-refractivity contribution in [3.05, 3.63) is 72.3 Å². The molecule has 124 valence electrons. The quantitative estimate of drug-likeness (QED) is 0.743. The Morgan fingerprint density at radius 3 is 2.46 bits per heavy atom. The fourth-order valence-electron chi connectivity index (χ4n) is 3.28. The summed E-state index contributed by atoms with van der Waals surface area (Å²) in [5.74, 6) is -0.296. The molecule has 0 bridgehead atoms. The third kappa shape index (κ3) is 2.99. The molecular formula is C21H23FN2. The lowest BCUT2D eigenvalue weighted by atomic mass is 10.0.